The van der Waals surface area contributed by atoms with Crippen molar-refractivity contribution in [3.05, 3.63) is 98.0 Å². The number of pyridine rings is 2. The summed E-state index contributed by atoms with van der Waals surface area (Å²) in [6, 6.07) is 2.55. The highest BCUT2D eigenvalue weighted by molar-refractivity contribution is 6.31. The van der Waals surface area contributed by atoms with Crippen molar-refractivity contribution in [2.75, 3.05) is 0 Å². The molecule has 4 aromatic rings. The Morgan fingerprint density at radius 3 is 2.57 bits per heavy atom. The molecule has 2 unspecified atom stereocenters. The molecule has 4 aromatic heterocycles. The summed E-state index contributed by atoms with van der Waals surface area (Å²) in [5.74, 6) is -8.72. The van der Waals surface area contributed by atoms with Gasteiger partial charge in [-0.3, -0.25) is 14.4 Å². The highest BCUT2D eigenvalue weighted by Gasteiger charge is 2.44. The van der Waals surface area contributed by atoms with E-state index < -0.39 is 52.1 Å². The second-order valence-corrected chi connectivity index (χ2v) is 10.6. The second-order valence-electron chi connectivity index (χ2n) is 10.3. The van der Waals surface area contributed by atoms with Crippen LogP contribution in [-0.4, -0.2) is 63.1 Å². The van der Waals surface area contributed by atoms with Crippen LogP contribution in [0.1, 0.15) is 59.3 Å². The Morgan fingerprint density at radius 2 is 1.93 bits per heavy atom. The van der Waals surface area contributed by atoms with Gasteiger partial charge in [0.2, 0.25) is 11.6 Å². The lowest BCUT2D eigenvalue weighted by atomic mass is 10.1. The number of halogens is 6. The number of aromatic nitrogens is 8. The maximum absolute atomic E-state index is 15.9. The molecule has 238 valence electrons. The first-order chi connectivity index (χ1) is 21.5. The third-order valence-corrected chi connectivity index (χ3v) is 7.27. The first kappa shape index (κ1) is 32.8. The molecule has 5 rings (SSSR count). The van der Waals surface area contributed by atoms with Crippen LogP contribution in [0, 0.1) is 19.7 Å². The molecule has 0 saturated heterocycles. The largest absolute Gasteiger partial charge is 0.451 e. The molecule has 2 radical (unpaired) electrons. The summed E-state index contributed by atoms with van der Waals surface area (Å²) in [7, 11) is 5.17. The third-order valence-electron chi connectivity index (χ3n) is 6.89. The number of aliphatic imine (C=N–C) groups is 1. The van der Waals surface area contributed by atoms with E-state index in [1.165, 1.54) is 26.1 Å². The molecule has 0 spiro atoms. The fraction of sp³-hybridized carbons (Fsp3) is 0.296. The van der Waals surface area contributed by atoms with Crippen molar-refractivity contribution < 1.29 is 32.2 Å². The van der Waals surface area contributed by atoms with Crippen LogP contribution in [-0.2, 0) is 12.0 Å². The van der Waals surface area contributed by atoms with Crippen molar-refractivity contribution in [1.82, 2.24) is 39.3 Å². The highest BCUT2D eigenvalue weighted by Crippen LogP contribution is 2.55. The molecule has 4 heterocycles. The predicted molar refractivity (Wildman–Crippen MR) is 154 cm³/mol. The second kappa shape index (κ2) is 12.0. The van der Waals surface area contributed by atoms with Gasteiger partial charge in [-0.1, -0.05) is 17.7 Å². The fourth-order valence-electron chi connectivity index (χ4n) is 4.74. The minimum absolute atomic E-state index is 0.169. The molecule has 0 aliphatic heterocycles. The maximum Gasteiger partial charge on any atom is 0.451 e. The van der Waals surface area contributed by atoms with Crippen LogP contribution >= 0.6 is 11.6 Å². The summed E-state index contributed by atoms with van der Waals surface area (Å²) in [5.41, 5.74) is -1.02. The number of hydrogen-bond acceptors (Lipinski definition) is 9. The van der Waals surface area contributed by atoms with E-state index in [4.69, 9.17) is 19.4 Å². The lowest BCUT2D eigenvalue weighted by Gasteiger charge is -2.14. The van der Waals surface area contributed by atoms with Gasteiger partial charge in [-0.25, -0.2) is 18.7 Å². The van der Waals surface area contributed by atoms with Crippen LogP contribution in [0.15, 0.2) is 52.4 Å². The minimum atomic E-state index is -5.00. The molecule has 46 heavy (non-hydrogen) atoms. The van der Waals surface area contributed by atoms with Crippen LogP contribution in [0.5, 0.6) is 0 Å². The molecule has 1 aliphatic rings. The van der Waals surface area contributed by atoms with Crippen LogP contribution in [0.2, 0.25) is 5.02 Å². The van der Waals surface area contributed by atoms with Gasteiger partial charge in [0.25, 0.3) is 5.56 Å². The van der Waals surface area contributed by atoms with Gasteiger partial charge < -0.3 is 10.2 Å². The van der Waals surface area contributed by atoms with E-state index in [1.807, 2.05) is 0 Å². The Bertz CT molecular complexity index is 1980. The quantitative estimate of drug-likeness (QED) is 0.126. The SMILES string of the molecule is [B]C(O)(O)n1ncc(C2CC2c2cc(C)n(/C=C(F)/C(=N/C=C/C)c3ccnc(-n4nc(C)nc4C(F)(F)F)c3F)c(=O)c2Cl)n1. The molecule has 2 atom stereocenters. The summed E-state index contributed by atoms with van der Waals surface area (Å²) in [4.78, 5) is 24.7. The van der Waals surface area contributed by atoms with Crippen molar-refractivity contribution in [2.24, 2.45) is 4.99 Å². The molecule has 2 N–H and O–H groups in total. The Hall–Kier alpha value is -4.55. The van der Waals surface area contributed by atoms with Gasteiger partial charge in [0.15, 0.2) is 25.3 Å². The van der Waals surface area contributed by atoms with Crippen molar-refractivity contribution >= 4 is 31.4 Å². The van der Waals surface area contributed by atoms with E-state index in [0.717, 1.165) is 29.2 Å². The first-order valence-electron chi connectivity index (χ1n) is 13.3. The summed E-state index contributed by atoms with van der Waals surface area (Å²) in [6.07, 6.45) is 0.990. The van der Waals surface area contributed by atoms with Crippen molar-refractivity contribution in [3.63, 3.8) is 0 Å². The molecule has 1 fully saturated rings. The topological polar surface area (TPSA) is 149 Å². The van der Waals surface area contributed by atoms with Gasteiger partial charge in [0, 0.05) is 29.6 Å². The Kier molecular flexibility index (Phi) is 8.56. The average molecular weight is 662 g/mol. The van der Waals surface area contributed by atoms with Gasteiger partial charge in [0.05, 0.1) is 18.1 Å². The number of hydrogen-bond donors (Lipinski definition) is 2. The first-order valence-corrected chi connectivity index (χ1v) is 13.7. The maximum atomic E-state index is 15.9. The number of alkyl halides is 3. The molecule has 19 heteroatoms. The smallest absolute Gasteiger partial charge is 0.355 e. The number of rotatable bonds is 8. The van der Waals surface area contributed by atoms with E-state index in [0.29, 0.717) is 22.5 Å². The summed E-state index contributed by atoms with van der Waals surface area (Å²) < 4.78 is 73.4. The summed E-state index contributed by atoms with van der Waals surface area (Å²) in [5, 5.41) is 30.0. The number of allylic oxidation sites excluding steroid dienone is 2. The van der Waals surface area contributed by atoms with Gasteiger partial charge >= 0.3 is 6.18 Å². The Labute approximate surface area is 262 Å². The molecular formula is C27H22BClF5N9O3. The summed E-state index contributed by atoms with van der Waals surface area (Å²) in [6.45, 7) is 4.22. The molecular weight excluding hydrogens is 640 g/mol. The zero-order valence-electron chi connectivity index (χ0n) is 24.1. The van der Waals surface area contributed by atoms with Gasteiger partial charge in [0.1, 0.15) is 16.6 Å². The van der Waals surface area contributed by atoms with E-state index in [9.17, 15) is 28.2 Å². The number of aliphatic hydroxyl groups is 2. The lowest BCUT2D eigenvalue weighted by molar-refractivity contribution is -0.169. The van der Waals surface area contributed by atoms with Crippen molar-refractivity contribution in [1.29, 1.82) is 0 Å². The van der Waals surface area contributed by atoms with Gasteiger partial charge in [-0.05, 0) is 50.8 Å². The van der Waals surface area contributed by atoms with Crippen LogP contribution in [0.3, 0.4) is 0 Å². The van der Waals surface area contributed by atoms with Crippen molar-refractivity contribution in [3.8, 4) is 5.82 Å². The van der Waals surface area contributed by atoms with Crippen molar-refractivity contribution in [2.45, 2.75) is 51.0 Å². The van der Waals surface area contributed by atoms with E-state index in [-0.39, 0.29) is 33.1 Å². The number of aryl methyl sites for hydroxylation is 2. The van der Waals surface area contributed by atoms with E-state index >= 15 is 8.78 Å². The molecule has 1 saturated carbocycles. The minimum Gasteiger partial charge on any atom is -0.355 e. The van der Waals surface area contributed by atoms with E-state index in [2.05, 4.69) is 30.3 Å². The highest BCUT2D eigenvalue weighted by atomic mass is 35.5. The van der Waals surface area contributed by atoms with Crippen LogP contribution in [0.25, 0.3) is 12.0 Å². The average Bonchev–Trinajstić information content (AvgIpc) is 3.38. The van der Waals surface area contributed by atoms with Gasteiger partial charge in [-0.15, -0.1) is 9.90 Å². The fourth-order valence-corrected chi connectivity index (χ4v) is 5.03. The van der Waals surface area contributed by atoms with Gasteiger partial charge in [-0.2, -0.15) is 28.1 Å². The predicted octanol–water partition coefficient (Wildman–Crippen LogP) is 3.63. The normalized spacial score (nSPS) is 17.7. The zero-order chi connectivity index (χ0) is 33.7. The monoisotopic (exact) mass is 661 g/mol. The standard InChI is InChI=1S/C27H22BClF5N9O3/c1-4-6-35-22(14-5-7-36-23(21(14)31)42-25(26(32,33)34)38-13(3)39-42)18(30)11-41-12(2)8-17(20(29)24(41)44)15-9-16(15)19-10-37-43(40-19)27(28,45)46/h4-8,10-11,15-16,45-46H,9H2,1-3H3/b6-4+,18-11-,35-22+. The molecule has 1 aliphatic carbocycles. The Balaban J connectivity index is 1.52. The number of nitrogens with zero attached hydrogens (tertiary/aromatic N) is 9. The zero-order valence-corrected chi connectivity index (χ0v) is 24.8. The molecule has 12 nitrogen and oxygen atoms in total. The molecule has 0 amide bonds. The molecule has 0 bridgehead atoms. The Morgan fingerprint density at radius 1 is 1.22 bits per heavy atom. The van der Waals surface area contributed by atoms with Crippen LogP contribution < -0.4 is 5.56 Å². The van der Waals surface area contributed by atoms with Crippen LogP contribution in [0.4, 0.5) is 22.0 Å². The van der Waals surface area contributed by atoms with E-state index in [1.54, 1.807) is 13.0 Å². The lowest BCUT2D eigenvalue weighted by Crippen LogP contribution is -2.35. The summed E-state index contributed by atoms with van der Waals surface area (Å²) >= 11 is 6.42. The molecule has 0 aromatic carbocycles. The third kappa shape index (κ3) is 6.27.